The zero-order valence-corrected chi connectivity index (χ0v) is 9.82. The Bertz CT molecular complexity index is 464. The minimum Gasteiger partial charge on any atom is -0.494 e. The third kappa shape index (κ3) is 1.85. The van der Waals surface area contributed by atoms with E-state index in [0.717, 1.165) is 18.4 Å². The van der Waals surface area contributed by atoms with Crippen molar-refractivity contribution in [2.24, 2.45) is 4.99 Å². The summed E-state index contributed by atoms with van der Waals surface area (Å²) in [6, 6.07) is 3.59. The van der Waals surface area contributed by atoms with Crippen LogP contribution in [0.25, 0.3) is 0 Å². The second kappa shape index (κ2) is 4.11. The molecule has 2 rings (SSSR count). The molecule has 0 heterocycles. The Kier molecular flexibility index (Phi) is 2.77. The molecule has 1 aromatic rings. The van der Waals surface area contributed by atoms with E-state index in [-0.39, 0.29) is 0 Å². The zero-order chi connectivity index (χ0) is 12.5. The van der Waals surface area contributed by atoms with Crippen LogP contribution in [0.3, 0.4) is 0 Å². The van der Waals surface area contributed by atoms with Crippen LogP contribution in [0.2, 0.25) is 0 Å². The summed E-state index contributed by atoms with van der Waals surface area (Å²) in [6.45, 7) is 0. The number of methoxy groups -OCH3 is 2. The van der Waals surface area contributed by atoms with Gasteiger partial charge in [-0.1, -0.05) is 0 Å². The lowest BCUT2D eigenvalue weighted by atomic mass is 10.0. The van der Waals surface area contributed by atoms with Crippen molar-refractivity contribution < 1.29 is 14.3 Å². The Morgan fingerprint density at radius 2 is 1.82 bits per heavy atom. The molecule has 1 saturated carbocycles. The molecular formula is C12H14N2O3. The summed E-state index contributed by atoms with van der Waals surface area (Å²) in [6.07, 6.45) is 3.28. The molecule has 5 nitrogen and oxygen atoms in total. The Morgan fingerprint density at radius 1 is 1.29 bits per heavy atom. The first kappa shape index (κ1) is 11.5. The number of aliphatic imine (C=N–C) groups is 1. The number of anilines is 1. The summed E-state index contributed by atoms with van der Waals surface area (Å²) >= 11 is 0. The molecule has 90 valence electrons. The van der Waals surface area contributed by atoms with Crippen molar-refractivity contribution >= 4 is 11.8 Å². The van der Waals surface area contributed by atoms with Crippen molar-refractivity contribution in [3.8, 4) is 11.5 Å². The fraction of sp³-hybridized carbons (Fsp3) is 0.417. The van der Waals surface area contributed by atoms with E-state index in [2.05, 4.69) is 4.99 Å². The van der Waals surface area contributed by atoms with Crippen molar-refractivity contribution in [2.75, 3.05) is 20.0 Å². The fourth-order valence-corrected chi connectivity index (χ4v) is 1.88. The van der Waals surface area contributed by atoms with Crippen molar-refractivity contribution in [1.82, 2.24) is 0 Å². The molecule has 0 atom stereocenters. The van der Waals surface area contributed by atoms with E-state index < -0.39 is 5.54 Å². The predicted octanol–water partition coefficient (Wildman–Crippen LogP) is 1.61. The molecular weight excluding hydrogens is 220 g/mol. The lowest BCUT2D eigenvalue weighted by Crippen LogP contribution is -2.05. The molecule has 0 saturated heterocycles. The molecule has 0 radical (unpaired) electrons. The van der Waals surface area contributed by atoms with E-state index in [9.17, 15) is 4.79 Å². The summed E-state index contributed by atoms with van der Waals surface area (Å²) in [5, 5.41) is 0. The van der Waals surface area contributed by atoms with E-state index in [1.807, 2.05) is 0 Å². The average molecular weight is 234 g/mol. The number of benzene rings is 1. The van der Waals surface area contributed by atoms with Gasteiger partial charge in [0.2, 0.25) is 6.08 Å². The lowest BCUT2D eigenvalue weighted by molar-refractivity contribution is 0.396. The molecule has 0 spiro atoms. The third-order valence-electron chi connectivity index (χ3n) is 3.06. The van der Waals surface area contributed by atoms with Gasteiger partial charge in [-0.25, -0.2) is 4.79 Å². The van der Waals surface area contributed by atoms with Crippen molar-refractivity contribution in [3.05, 3.63) is 17.7 Å². The first-order chi connectivity index (χ1) is 8.16. The molecule has 0 bridgehead atoms. The number of hydrogen-bond donors (Lipinski definition) is 1. The summed E-state index contributed by atoms with van der Waals surface area (Å²) in [4.78, 5) is 14.3. The van der Waals surface area contributed by atoms with Crippen LogP contribution < -0.4 is 15.2 Å². The van der Waals surface area contributed by atoms with Gasteiger partial charge in [-0.15, -0.1) is 0 Å². The van der Waals surface area contributed by atoms with Crippen LogP contribution in [0.5, 0.6) is 11.5 Å². The van der Waals surface area contributed by atoms with Crippen LogP contribution in [0, 0.1) is 0 Å². The molecule has 1 aliphatic carbocycles. The molecule has 17 heavy (non-hydrogen) atoms. The number of ether oxygens (including phenoxy) is 2. The topological polar surface area (TPSA) is 73.9 Å². The van der Waals surface area contributed by atoms with Crippen LogP contribution in [-0.4, -0.2) is 20.3 Å². The van der Waals surface area contributed by atoms with Crippen molar-refractivity contribution in [3.63, 3.8) is 0 Å². The monoisotopic (exact) mass is 234 g/mol. The van der Waals surface area contributed by atoms with Gasteiger partial charge in [-0.05, 0) is 30.5 Å². The Hall–Kier alpha value is -2.00. The minimum atomic E-state index is -0.448. The number of isocyanates is 1. The maximum absolute atomic E-state index is 10.4. The standard InChI is InChI=1S/C12H14N2O3/c1-16-9-5-8(6-10(17-2)11(9)13)12(3-4-12)14-7-15/h5-6H,3-4,13H2,1-2H3. The maximum atomic E-state index is 10.4. The zero-order valence-electron chi connectivity index (χ0n) is 9.82. The quantitative estimate of drug-likeness (QED) is 0.488. The van der Waals surface area contributed by atoms with E-state index >= 15 is 0 Å². The molecule has 0 aromatic heterocycles. The SMILES string of the molecule is COc1cc(C2(N=C=O)CC2)cc(OC)c1N. The highest BCUT2D eigenvalue weighted by atomic mass is 16.5. The average Bonchev–Trinajstić information content (AvgIpc) is 3.11. The molecule has 0 unspecified atom stereocenters. The largest absolute Gasteiger partial charge is 0.494 e. The summed E-state index contributed by atoms with van der Waals surface area (Å²) in [5.74, 6) is 1.07. The summed E-state index contributed by atoms with van der Waals surface area (Å²) < 4.78 is 10.4. The highest BCUT2D eigenvalue weighted by Crippen LogP contribution is 2.51. The van der Waals surface area contributed by atoms with Crippen LogP contribution >= 0.6 is 0 Å². The third-order valence-corrected chi connectivity index (χ3v) is 3.06. The predicted molar refractivity (Wildman–Crippen MR) is 63.0 cm³/mol. The molecule has 1 fully saturated rings. The second-order valence-electron chi connectivity index (χ2n) is 4.03. The van der Waals surface area contributed by atoms with Gasteiger partial charge in [-0.3, -0.25) is 0 Å². The van der Waals surface area contributed by atoms with Crippen molar-refractivity contribution in [1.29, 1.82) is 0 Å². The smallest absolute Gasteiger partial charge is 0.235 e. The normalized spacial score (nSPS) is 15.9. The maximum Gasteiger partial charge on any atom is 0.235 e. The number of nitrogens with two attached hydrogens (primary N) is 1. The number of nitrogens with zero attached hydrogens (tertiary/aromatic N) is 1. The summed E-state index contributed by atoms with van der Waals surface area (Å²) in [7, 11) is 3.08. The molecule has 5 heteroatoms. The Balaban J connectivity index is 2.52. The van der Waals surface area contributed by atoms with Gasteiger partial charge in [0.1, 0.15) is 17.2 Å². The van der Waals surface area contributed by atoms with Crippen LogP contribution in [0.15, 0.2) is 17.1 Å². The number of nitrogen functional groups attached to an aromatic ring is 1. The fourth-order valence-electron chi connectivity index (χ4n) is 1.88. The van der Waals surface area contributed by atoms with Gasteiger partial charge in [0.05, 0.1) is 19.8 Å². The first-order valence-corrected chi connectivity index (χ1v) is 5.28. The molecule has 0 aliphatic heterocycles. The van der Waals surface area contributed by atoms with Crippen molar-refractivity contribution in [2.45, 2.75) is 18.4 Å². The van der Waals surface area contributed by atoms with Gasteiger partial charge in [-0.2, -0.15) is 4.99 Å². The highest BCUT2D eigenvalue weighted by molar-refractivity contribution is 5.65. The van der Waals surface area contributed by atoms with E-state index in [1.165, 1.54) is 14.2 Å². The highest BCUT2D eigenvalue weighted by Gasteiger charge is 2.45. The number of carbonyl (C=O) groups excluding carboxylic acids is 1. The van der Waals surface area contributed by atoms with E-state index in [1.54, 1.807) is 18.2 Å². The first-order valence-electron chi connectivity index (χ1n) is 5.28. The van der Waals surface area contributed by atoms with Gasteiger partial charge >= 0.3 is 0 Å². The second-order valence-corrected chi connectivity index (χ2v) is 4.03. The van der Waals surface area contributed by atoms with E-state index in [4.69, 9.17) is 15.2 Å². The number of rotatable bonds is 4. The van der Waals surface area contributed by atoms with Gasteiger partial charge in [0, 0.05) is 0 Å². The minimum absolute atomic E-state index is 0.448. The molecule has 2 N–H and O–H groups in total. The van der Waals surface area contributed by atoms with E-state index in [0.29, 0.717) is 17.2 Å². The summed E-state index contributed by atoms with van der Waals surface area (Å²) in [5.41, 5.74) is 6.73. The number of hydrogen-bond acceptors (Lipinski definition) is 5. The Morgan fingerprint density at radius 3 is 2.18 bits per heavy atom. The molecule has 0 amide bonds. The lowest BCUT2D eigenvalue weighted by Gasteiger charge is -2.15. The Labute approximate surface area is 99.2 Å². The molecule has 1 aliphatic rings. The van der Waals surface area contributed by atoms with Crippen LogP contribution in [0.4, 0.5) is 5.69 Å². The van der Waals surface area contributed by atoms with Crippen LogP contribution in [-0.2, 0) is 10.3 Å². The van der Waals surface area contributed by atoms with Gasteiger partial charge in [0.15, 0.2) is 0 Å². The van der Waals surface area contributed by atoms with Gasteiger partial charge < -0.3 is 15.2 Å². The molecule has 1 aromatic carbocycles. The van der Waals surface area contributed by atoms with Gasteiger partial charge in [0.25, 0.3) is 0 Å². The van der Waals surface area contributed by atoms with Crippen LogP contribution in [0.1, 0.15) is 18.4 Å².